The molecule has 3 N–H and O–H groups in total. The summed E-state index contributed by atoms with van der Waals surface area (Å²) >= 11 is 0. The van der Waals surface area contributed by atoms with Crippen LogP contribution in [0, 0.1) is 0 Å². The van der Waals surface area contributed by atoms with Gasteiger partial charge in [-0.05, 0) is 33.9 Å². The maximum absolute atomic E-state index is 10.8. The molecule has 1 atom stereocenters. The van der Waals surface area contributed by atoms with Gasteiger partial charge < -0.3 is 10.8 Å². The molecule has 0 bridgehead atoms. The SMILES string of the molecule is CCCC(C)(C(=O)O)N(C)C.CCCCCCCCCCCC(N)=O. The Kier molecular flexibility index (Phi) is 17.1. The summed E-state index contributed by atoms with van der Waals surface area (Å²) in [6.07, 6.45) is 13.7. The Morgan fingerprint density at radius 2 is 1.32 bits per heavy atom. The van der Waals surface area contributed by atoms with Crippen molar-refractivity contribution in [3.8, 4) is 0 Å². The number of carboxylic acid groups (broad SMARTS) is 1. The number of amides is 1. The molecule has 0 radical (unpaired) electrons. The minimum absolute atomic E-state index is 0.159. The number of hydrogen-bond acceptors (Lipinski definition) is 3. The van der Waals surface area contributed by atoms with Crippen LogP contribution in [0.4, 0.5) is 0 Å². The standard InChI is InChI=1S/C12H25NO.C8H17NO2/c1-2-3-4-5-6-7-8-9-10-11-12(13)14;1-5-6-8(2,7(10)11)9(3)4/h2-11H2,1H3,(H2,13,14);5-6H2,1-4H3,(H,10,11). The van der Waals surface area contributed by atoms with E-state index in [9.17, 15) is 9.59 Å². The first kappa shape index (κ1) is 26.1. The second-order valence-corrected chi connectivity index (χ2v) is 7.27. The summed E-state index contributed by atoms with van der Waals surface area (Å²) in [6.45, 7) is 5.98. The van der Waals surface area contributed by atoms with Gasteiger partial charge in [-0.3, -0.25) is 14.5 Å². The predicted molar refractivity (Wildman–Crippen MR) is 106 cm³/mol. The van der Waals surface area contributed by atoms with Crippen LogP contribution in [0.25, 0.3) is 0 Å². The number of hydrogen-bond donors (Lipinski definition) is 2. The van der Waals surface area contributed by atoms with Crippen molar-refractivity contribution in [2.24, 2.45) is 5.73 Å². The smallest absolute Gasteiger partial charge is 0.323 e. The van der Waals surface area contributed by atoms with Crippen molar-refractivity contribution >= 4 is 11.9 Å². The minimum Gasteiger partial charge on any atom is -0.480 e. The summed E-state index contributed by atoms with van der Waals surface area (Å²) in [4.78, 5) is 23.0. The third-order valence-corrected chi connectivity index (χ3v) is 4.71. The van der Waals surface area contributed by atoms with Crippen molar-refractivity contribution in [1.82, 2.24) is 4.90 Å². The molecule has 150 valence electrons. The first-order valence-corrected chi connectivity index (χ1v) is 9.91. The van der Waals surface area contributed by atoms with Gasteiger partial charge in [-0.1, -0.05) is 71.6 Å². The lowest BCUT2D eigenvalue weighted by Crippen LogP contribution is -2.48. The van der Waals surface area contributed by atoms with Crippen LogP contribution in [0.2, 0.25) is 0 Å². The van der Waals surface area contributed by atoms with Gasteiger partial charge in [0.1, 0.15) is 5.54 Å². The fraction of sp³-hybridized carbons (Fsp3) is 0.900. The lowest BCUT2D eigenvalue weighted by molar-refractivity contribution is -0.149. The quantitative estimate of drug-likeness (QED) is 0.445. The van der Waals surface area contributed by atoms with Gasteiger partial charge in [0, 0.05) is 6.42 Å². The van der Waals surface area contributed by atoms with Crippen LogP contribution in [0.1, 0.15) is 97.8 Å². The Bertz CT molecular complexity index is 346. The monoisotopic (exact) mass is 358 g/mol. The fourth-order valence-electron chi connectivity index (χ4n) is 2.62. The van der Waals surface area contributed by atoms with Crippen molar-refractivity contribution in [2.75, 3.05) is 14.1 Å². The molecular weight excluding hydrogens is 316 g/mol. The lowest BCUT2D eigenvalue weighted by atomic mass is 9.95. The number of carbonyl (C=O) groups is 2. The van der Waals surface area contributed by atoms with E-state index in [1.54, 1.807) is 25.9 Å². The molecular formula is C20H42N2O3. The van der Waals surface area contributed by atoms with E-state index in [-0.39, 0.29) is 5.91 Å². The number of carboxylic acids is 1. The summed E-state index contributed by atoms with van der Waals surface area (Å²) < 4.78 is 0. The van der Waals surface area contributed by atoms with Crippen LogP contribution in [0.5, 0.6) is 0 Å². The second kappa shape index (κ2) is 16.4. The van der Waals surface area contributed by atoms with Gasteiger partial charge in [0.25, 0.3) is 0 Å². The number of rotatable bonds is 14. The maximum Gasteiger partial charge on any atom is 0.323 e. The predicted octanol–water partition coefficient (Wildman–Crippen LogP) is 4.58. The largest absolute Gasteiger partial charge is 0.480 e. The third-order valence-electron chi connectivity index (χ3n) is 4.71. The lowest BCUT2D eigenvalue weighted by Gasteiger charge is -2.31. The summed E-state index contributed by atoms with van der Waals surface area (Å²) in [5.74, 6) is -0.905. The van der Waals surface area contributed by atoms with Gasteiger partial charge in [-0.25, -0.2) is 0 Å². The summed E-state index contributed by atoms with van der Waals surface area (Å²) in [5.41, 5.74) is 4.35. The van der Waals surface area contributed by atoms with E-state index in [2.05, 4.69) is 6.92 Å². The number of unbranched alkanes of at least 4 members (excludes halogenated alkanes) is 8. The zero-order chi connectivity index (χ0) is 19.7. The van der Waals surface area contributed by atoms with Crippen LogP contribution in [-0.4, -0.2) is 41.5 Å². The minimum atomic E-state index is -0.746. The highest BCUT2D eigenvalue weighted by Gasteiger charge is 2.34. The fourth-order valence-corrected chi connectivity index (χ4v) is 2.62. The molecule has 25 heavy (non-hydrogen) atoms. The number of primary amides is 1. The van der Waals surface area contributed by atoms with E-state index in [0.29, 0.717) is 12.8 Å². The van der Waals surface area contributed by atoms with Crippen molar-refractivity contribution < 1.29 is 14.7 Å². The van der Waals surface area contributed by atoms with Crippen molar-refractivity contribution in [2.45, 2.75) is 103 Å². The molecule has 0 saturated heterocycles. The number of aliphatic carboxylic acids is 1. The first-order chi connectivity index (χ1) is 11.7. The molecule has 0 aliphatic carbocycles. The molecule has 0 aliphatic heterocycles. The normalized spacial score (nSPS) is 13.0. The Balaban J connectivity index is 0. The Labute approximate surface area is 155 Å². The molecule has 0 spiro atoms. The zero-order valence-electron chi connectivity index (χ0n) is 17.3. The molecule has 0 fully saturated rings. The molecule has 0 saturated carbocycles. The highest BCUT2D eigenvalue weighted by atomic mass is 16.4. The summed E-state index contributed by atoms with van der Waals surface area (Å²) in [5, 5.41) is 8.89. The Morgan fingerprint density at radius 1 is 0.880 bits per heavy atom. The molecule has 0 aromatic rings. The number of likely N-dealkylation sites (N-methyl/N-ethyl adjacent to an activating group) is 1. The average molecular weight is 359 g/mol. The molecule has 1 amide bonds. The maximum atomic E-state index is 10.8. The number of nitrogens with zero attached hydrogens (tertiary/aromatic N) is 1. The van der Waals surface area contributed by atoms with Gasteiger partial charge in [0.15, 0.2) is 0 Å². The van der Waals surface area contributed by atoms with Crippen molar-refractivity contribution in [3.63, 3.8) is 0 Å². The second-order valence-electron chi connectivity index (χ2n) is 7.27. The summed E-state index contributed by atoms with van der Waals surface area (Å²) in [6, 6.07) is 0. The average Bonchev–Trinajstić information content (AvgIpc) is 2.53. The molecule has 0 aromatic heterocycles. The highest BCUT2D eigenvalue weighted by molar-refractivity contribution is 5.78. The van der Waals surface area contributed by atoms with E-state index in [1.807, 2.05) is 6.92 Å². The van der Waals surface area contributed by atoms with Gasteiger partial charge in [0.2, 0.25) is 5.91 Å². The molecule has 0 aromatic carbocycles. The number of nitrogens with two attached hydrogens (primary N) is 1. The summed E-state index contributed by atoms with van der Waals surface area (Å²) in [7, 11) is 3.59. The van der Waals surface area contributed by atoms with E-state index in [0.717, 1.165) is 19.3 Å². The molecule has 1 unspecified atom stereocenters. The van der Waals surface area contributed by atoms with E-state index < -0.39 is 11.5 Å². The third kappa shape index (κ3) is 14.9. The molecule has 0 heterocycles. The highest BCUT2D eigenvalue weighted by Crippen LogP contribution is 2.18. The molecule has 0 aliphatic rings. The van der Waals surface area contributed by atoms with Crippen molar-refractivity contribution in [1.29, 1.82) is 0 Å². The van der Waals surface area contributed by atoms with Gasteiger partial charge >= 0.3 is 5.97 Å². The van der Waals surface area contributed by atoms with Gasteiger partial charge in [-0.2, -0.15) is 0 Å². The zero-order valence-corrected chi connectivity index (χ0v) is 17.3. The Morgan fingerprint density at radius 3 is 1.60 bits per heavy atom. The molecule has 5 nitrogen and oxygen atoms in total. The first-order valence-electron chi connectivity index (χ1n) is 9.91. The topological polar surface area (TPSA) is 83.6 Å². The van der Waals surface area contributed by atoms with Crippen LogP contribution >= 0.6 is 0 Å². The van der Waals surface area contributed by atoms with Crippen LogP contribution < -0.4 is 5.73 Å². The van der Waals surface area contributed by atoms with E-state index in [1.165, 1.54) is 44.9 Å². The number of carbonyl (C=O) groups excluding carboxylic acids is 1. The molecule has 0 rings (SSSR count). The van der Waals surface area contributed by atoms with E-state index in [4.69, 9.17) is 10.8 Å². The van der Waals surface area contributed by atoms with Gasteiger partial charge in [0.05, 0.1) is 0 Å². The van der Waals surface area contributed by atoms with Crippen molar-refractivity contribution in [3.05, 3.63) is 0 Å². The Hall–Kier alpha value is -1.10. The van der Waals surface area contributed by atoms with Crippen LogP contribution in [0.3, 0.4) is 0 Å². The van der Waals surface area contributed by atoms with Crippen LogP contribution in [-0.2, 0) is 9.59 Å². The van der Waals surface area contributed by atoms with Crippen LogP contribution in [0.15, 0.2) is 0 Å². The van der Waals surface area contributed by atoms with E-state index >= 15 is 0 Å². The van der Waals surface area contributed by atoms with Gasteiger partial charge in [-0.15, -0.1) is 0 Å². The molecule has 5 heteroatoms.